The second-order valence-corrected chi connectivity index (χ2v) is 4.89. The summed E-state index contributed by atoms with van der Waals surface area (Å²) in [6.45, 7) is 3.32. The molecule has 14 heavy (non-hydrogen) atoms. The van der Waals surface area contributed by atoms with Crippen LogP contribution in [0.4, 0.5) is 0 Å². The van der Waals surface area contributed by atoms with Crippen LogP contribution in [-0.4, -0.2) is 36.1 Å². The van der Waals surface area contributed by atoms with Crippen molar-refractivity contribution in [3.05, 3.63) is 22.4 Å². The van der Waals surface area contributed by atoms with Crippen molar-refractivity contribution in [2.24, 2.45) is 0 Å². The Hall–Kier alpha value is -0.320. The fourth-order valence-corrected chi connectivity index (χ4v) is 2.26. The summed E-state index contributed by atoms with van der Waals surface area (Å²) in [5.41, 5.74) is 1.24. The van der Waals surface area contributed by atoms with E-state index in [2.05, 4.69) is 44.2 Å². The second-order valence-electron chi connectivity index (χ2n) is 3.97. The minimum absolute atomic E-state index is 0.655. The molecule has 3 nitrogen and oxygen atoms in total. The molecule has 1 aromatic rings. The number of nitrogens with zero attached hydrogens (tertiary/aromatic N) is 1. The third-order valence-electron chi connectivity index (χ3n) is 2.68. The highest BCUT2D eigenvalue weighted by Gasteiger charge is 2.18. The van der Waals surface area contributed by atoms with E-state index in [-0.39, 0.29) is 0 Å². The van der Waals surface area contributed by atoms with Gasteiger partial charge in [-0.3, -0.25) is 0 Å². The Morgan fingerprint density at radius 1 is 1.71 bits per heavy atom. The van der Waals surface area contributed by atoms with Crippen molar-refractivity contribution in [3.63, 3.8) is 0 Å². The number of hydrogen-bond donors (Lipinski definition) is 2. The van der Waals surface area contributed by atoms with Crippen LogP contribution in [0.25, 0.3) is 0 Å². The van der Waals surface area contributed by atoms with Gasteiger partial charge in [0.1, 0.15) is 0 Å². The third-order valence-corrected chi connectivity index (χ3v) is 3.14. The Labute approximate surface area is 93.0 Å². The molecule has 1 unspecified atom stereocenters. The first-order valence-electron chi connectivity index (χ1n) is 4.99. The molecule has 1 fully saturated rings. The van der Waals surface area contributed by atoms with Gasteiger partial charge in [0.2, 0.25) is 0 Å². The smallest absolute Gasteiger partial charge is 0.0360 e. The van der Waals surface area contributed by atoms with E-state index >= 15 is 0 Å². The van der Waals surface area contributed by atoms with Crippen molar-refractivity contribution in [3.8, 4) is 0 Å². The van der Waals surface area contributed by atoms with E-state index in [9.17, 15) is 0 Å². The van der Waals surface area contributed by atoms with Gasteiger partial charge in [0, 0.05) is 35.5 Å². The van der Waals surface area contributed by atoms with E-state index in [4.69, 9.17) is 0 Å². The molecule has 0 aromatic carbocycles. The van der Waals surface area contributed by atoms with Gasteiger partial charge in [-0.05, 0) is 42.0 Å². The average molecular weight is 258 g/mol. The van der Waals surface area contributed by atoms with Crippen molar-refractivity contribution >= 4 is 15.9 Å². The van der Waals surface area contributed by atoms with Gasteiger partial charge in [-0.1, -0.05) is 0 Å². The zero-order valence-corrected chi connectivity index (χ0v) is 9.97. The minimum Gasteiger partial charge on any atom is -0.363 e. The summed E-state index contributed by atoms with van der Waals surface area (Å²) in [5.74, 6) is 0. The predicted molar refractivity (Wildman–Crippen MR) is 61.2 cm³/mol. The van der Waals surface area contributed by atoms with Gasteiger partial charge in [0.25, 0.3) is 0 Å². The first-order valence-corrected chi connectivity index (χ1v) is 5.78. The average Bonchev–Trinajstić information content (AvgIpc) is 2.72. The largest absolute Gasteiger partial charge is 0.363 e. The number of hydrogen-bond acceptors (Lipinski definition) is 2. The van der Waals surface area contributed by atoms with Crippen LogP contribution in [-0.2, 0) is 6.54 Å². The number of rotatable bonds is 3. The Morgan fingerprint density at radius 2 is 2.57 bits per heavy atom. The van der Waals surface area contributed by atoms with Crippen molar-refractivity contribution in [1.82, 2.24) is 15.2 Å². The van der Waals surface area contributed by atoms with Crippen LogP contribution in [0, 0.1) is 0 Å². The monoisotopic (exact) mass is 257 g/mol. The molecule has 2 N–H and O–H groups in total. The zero-order chi connectivity index (χ0) is 9.97. The molecule has 0 amide bonds. The van der Waals surface area contributed by atoms with Crippen LogP contribution in [0.2, 0.25) is 0 Å². The number of H-pyrrole nitrogens is 1. The van der Waals surface area contributed by atoms with Crippen LogP contribution in [0.15, 0.2) is 16.7 Å². The number of nitrogens with one attached hydrogen (secondary N) is 2. The lowest BCUT2D eigenvalue weighted by atomic mass is 10.2. The fraction of sp³-hybridized carbons (Fsp3) is 0.600. The molecule has 0 bridgehead atoms. The quantitative estimate of drug-likeness (QED) is 0.862. The maximum atomic E-state index is 3.55. The van der Waals surface area contributed by atoms with E-state index < -0.39 is 0 Å². The number of aromatic amines is 1. The molecule has 1 aliphatic heterocycles. The van der Waals surface area contributed by atoms with Crippen molar-refractivity contribution in [2.75, 3.05) is 20.1 Å². The Bertz CT molecular complexity index is 297. The lowest BCUT2D eigenvalue weighted by Gasteiger charge is -2.11. The van der Waals surface area contributed by atoms with Gasteiger partial charge >= 0.3 is 0 Å². The molecular weight excluding hydrogens is 242 g/mol. The first kappa shape index (κ1) is 10.2. The number of halogens is 1. The normalized spacial score (nSPS) is 23.1. The molecule has 0 saturated carbocycles. The molecule has 2 heterocycles. The summed E-state index contributed by atoms with van der Waals surface area (Å²) in [7, 11) is 2.17. The molecule has 4 heteroatoms. The molecule has 1 atom stereocenters. The van der Waals surface area contributed by atoms with Gasteiger partial charge in [-0.25, -0.2) is 0 Å². The van der Waals surface area contributed by atoms with Crippen molar-refractivity contribution in [2.45, 2.75) is 19.0 Å². The first-order chi connectivity index (χ1) is 6.74. The highest BCUT2D eigenvalue weighted by atomic mass is 79.9. The number of aromatic nitrogens is 1. The van der Waals surface area contributed by atoms with Crippen molar-refractivity contribution in [1.29, 1.82) is 0 Å². The van der Waals surface area contributed by atoms with Crippen LogP contribution < -0.4 is 5.32 Å². The summed E-state index contributed by atoms with van der Waals surface area (Å²) < 4.78 is 1.12. The second kappa shape index (κ2) is 4.47. The van der Waals surface area contributed by atoms with Gasteiger partial charge in [0.05, 0.1) is 0 Å². The topological polar surface area (TPSA) is 31.1 Å². The third kappa shape index (κ3) is 2.59. The number of likely N-dealkylation sites (tertiary alicyclic amines) is 1. The summed E-state index contributed by atoms with van der Waals surface area (Å²) >= 11 is 3.43. The fourth-order valence-electron chi connectivity index (χ4n) is 1.87. The molecule has 1 aliphatic rings. The molecule has 0 radical (unpaired) electrons. The van der Waals surface area contributed by atoms with Gasteiger partial charge < -0.3 is 15.2 Å². The summed E-state index contributed by atoms with van der Waals surface area (Å²) in [6.07, 6.45) is 3.23. The predicted octanol–water partition coefficient (Wildman–Crippen LogP) is 1.57. The van der Waals surface area contributed by atoms with E-state index in [1.807, 2.05) is 6.20 Å². The van der Waals surface area contributed by atoms with Crippen LogP contribution >= 0.6 is 15.9 Å². The summed E-state index contributed by atoms with van der Waals surface area (Å²) in [5, 5.41) is 3.55. The molecule has 2 rings (SSSR count). The maximum absolute atomic E-state index is 3.55. The lowest BCUT2D eigenvalue weighted by molar-refractivity contribution is 0.397. The molecule has 0 aliphatic carbocycles. The van der Waals surface area contributed by atoms with E-state index in [1.165, 1.54) is 25.2 Å². The Morgan fingerprint density at radius 3 is 3.14 bits per heavy atom. The molecule has 78 valence electrons. The maximum Gasteiger partial charge on any atom is 0.0360 e. The lowest BCUT2D eigenvalue weighted by Crippen LogP contribution is -2.31. The molecule has 1 saturated heterocycles. The summed E-state index contributed by atoms with van der Waals surface area (Å²) in [6, 6.07) is 2.77. The Kier molecular flexibility index (Phi) is 3.26. The van der Waals surface area contributed by atoms with Gasteiger partial charge in [-0.15, -0.1) is 0 Å². The Balaban J connectivity index is 1.77. The number of likely N-dealkylation sites (N-methyl/N-ethyl adjacent to an activating group) is 1. The van der Waals surface area contributed by atoms with Crippen molar-refractivity contribution < 1.29 is 0 Å². The highest BCUT2D eigenvalue weighted by molar-refractivity contribution is 9.10. The molecular formula is C10H16BrN3. The van der Waals surface area contributed by atoms with E-state index in [1.54, 1.807) is 0 Å². The van der Waals surface area contributed by atoms with E-state index in [0.29, 0.717) is 6.04 Å². The molecule has 0 spiro atoms. The standard InChI is InChI=1S/C10H16BrN3/c1-14-3-2-9(7-14)13-6-10-4-8(11)5-12-10/h4-5,9,12-13H,2-3,6-7H2,1H3. The zero-order valence-electron chi connectivity index (χ0n) is 8.39. The van der Waals surface area contributed by atoms with E-state index in [0.717, 1.165) is 11.0 Å². The summed E-state index contributed by atoms with van der Waals surface area (Å²) in [4.78, 5) is 5.58. The van der Waals surface area contributed by atoms with Crippen LogP contribution in [0.5, 0.6) is 0 Å². The van der Waals surface area contributed by atoms with Gasteiger partial charge in [-0.2, -0.15) is 0 Å². The van der Waals surface area contributed by atoms with Crippen LogP contribution in [0.3, 0.4) is 0 Å². The minimum atomic E-state index is 0.655. The highest BCUT2D eigenvalue weighted by Crippen LogP contribution is 2.11. The van der Waals surface area contributed by atoms with Gasteiger partial charge in [0.15, 0.2) is 0 Å². The SMILES string of the molecule is CN1CCC(NCc2cc(Br)c[nH]2)C1. The van der Waals surface area contributed by atoms with Crippen LogP contribution in [0.1, 0.15) is 12.1 Å². The molecule has 1 aromatic heterocycles.